The number of halogens is 1. The molecule has 0 unspecified atom stereocenters. The topological polar surface area (TPSA) is 56.3 Å². The normalized spacial score (nSPS) is 10.2. The molecule has 5 nitrogen and oxygen atoms in total. The standard InChI is InChI=1S/C18H16BrN3O2/c1-23-16-3-2-4-17(8-16)24-18-6-5-13(10-22-18)9-21-15-7-14(19)11-20-12-15/h2-8,10-12,21H,9H2,1H3. The van der Waals surface area contributed by atoms with E-state index in [-0.39, 0.29) is 0 Å². The summed E-state index contributed by atoms with van der Waals surface area (Å²) in [4.78, 5) is 8.45. The van der Waals surface area contributed by atoms with Gasteiger partial charge < -0.3 is 14.8 Å². The molecule has 1 N–H and O–H groups in total. The predicted octanol–water partition coefficient (Wildman–Crippen LogP) is 4.65. The molecular weight excluding hydrogens is 370 g/mol. The molecule has 24 heavy (non-hydrogen) atoms. The number of hydrogen-bond acceptors (Lipinski definition) is 5. The molecule has 0 amide bonds. The predicted molar refractivity (Wildman–Crippen MR) is 96.6 cm³/mol. The number of pyridine rings is 2. The van der Waals surface area contributed by atoms with Crippen molar-refractivity contribution in [3.8, 4) is 17.4 Å². The van der Waals surface area contributed by atoms with Crippen LogP contribution in [0.5, 0.6) is 17.4 Å². The van der Waals surface area contributed by atoms with Crippen LogP contribution in [0.4, 0.5) is 5.69 Å². The highest BCUT2D eigenvalue weighted by atomic mass is 79.9. The number of hydrogen-bond donors (Lipinski definition) is 1. The maximum Gasteiger partial charge on any atom is 0.219 e. The fourth-order valence-electron chi connectivity index (χ4n) is 2.07. The summed E-state index contributed by atoms with van der Waals surface area (Å²) >= 11 is 3.40. The lowest BCUT2D eigenvalue weighted by atomic mass is 10.2. The molecule has 0 radical (unpaired) electrons. The average Bonchev–Trinajstić information content (AvgIpc) is 2.61. The number of anilines is 1. The summed E-state index contributed by atoms with van der Waals surface area (Å²) in [5, 5.41) is 3.30. The van der Waals surface area contributed by atoms with E-state index in [2.05, 4.69) is 31.2 Å². The van der Waals surface area contributed by atoms with Crippen LogP contribution in [0.25, 0.3) is 0 Å². The zero-order chi connectivity index (χ0) is 16.8. The van der Waals surface area contributed by atoms with Gasteiger partial charge >= 0.3 is 0 Å². The van der Waals surface area contributed by atoms with Crippen LogP contribution in [0.15, 0.2) is 65.5 Å². The number of nitrogens with zero attached hydrogens (tertiary/aromatic N) is 2. The quantitative estimate of drug-likeness (QED) is 0.668. The van der Waals surface area contributed by atoms with E-state index in [1.807, 2.05) is 42.5 Å². The maximum absolute atomic E-state index is 5.73. The Labute approximate surface area is 148 Å². The molecule has 3 rings (SSSR count). The molecule has 0 aliphatic carbocycles. The first-order valence-electron chi connectivity index (χ1n) is 7.34. The van der Waals surface area contributed by atoms with Gasteiger partial charge in [-0.1, -0.05) is 12.1 Å². The van der Waals surface area contributed by atoms with Crippen LogP contribution in [0.1, 0.15) is 5.56 Å². The molecule has 0 fully saturated rings. The molecule has 0 bridgehead atoms. The number of methoxy groups -OCH3 is 1. The molecule has 0 spiro atoms. The molecule has 1 aromatic carbocycles. The van der Waals surface area contributed by atoms with E-state index in [1.54, 1.807) is 25.7 Å². The van der Waals surface area contributed by atoms with Crippen molar-refractivity contribution < 1.29 is 9.47 Å². The van der Waals surface area contributed by atoms with Crippen molar-refractivity contribution in [3.05, 3.63) is 71.1 Å². The number of rotatable bonds is 6. The molecule has 0 aliphatic heterocycles. The van der Waals surface area contributed by atoms with Gasteiger partial charge in [-0.15, -0.1) is 0 Å². The van der Waals surface area contributed by atoms with Gasteiger partial charge in [0.15, 0.2) is 0 Å². The monoisotopic (exact) mass is 385 g/mol. The Morgan fingerprint density at radius 1 is 1.04 bits per heavy atom. The van der Waals surface area contributed by atoms with Gasteiger partial charge in [-0.25, -0.2) is 4.98 Å². The first kappa shape index (κ1) is 16.3. The summed E-state index contributed by atoms with van der Waals surface area (Å²) in [6.45, 7) is 0.657. The Bertz CT molecular complexity index is 809. The van der Waals surface area contributed by atoms with Crippen LogP contribution < -0.4 is 14.8 Å². The highest BCUT2D eigenvalue weighted by Crippen LogP contribution is 2.24. The fourth-order valence-corrected chi connectivity index (χ4v) is 2.44. The van der Waals surface area contributed by atoms with Crippen LogP contribution in [-0.2, 0) is 6.54 Å². The van der Waals surface area contributed by atoms with E-state index in [9.17, 15) is 0 Å². The molecule has 0 saturated heterocycles. The van der Waals surface area contributed by atoms with Crippen molar-refractivity contribution in [2.75, 3.05) is 12.4 Å². The van der Waals surface area contributed by atoms with Crippen molar-refractivity contribution >= 4 is 21.6 Å². The lowest BCUT2D eigenvalue weighted by molar-refractivity contribution is 0.407. The summed E-state index contributed by atoms with van der Waals surface area (Å²) in [6.07, 6.45) is 5.31. The lowest BCUT2D eigenvalue weighted by Crippen LogP contribution is -2.00. The lowest BCUT2D eigenvalue weighted by Gasteiger charge is -2.08. The van der Waals surface area contributed by atoms with Crippen LogP contribution in [0.2, 0.25) is 0 Å². The summed E-state index contributed by atoms with van der Waals surface area (Å²) < 4.78 is 11.8. The fraction of sp³-hybridized carbons (Fsp3) is 0.111. The number of ether oxygens (including phenoxy) is 2. The zero-order valence-electron chi connectivity index (χ0n) is 13.1. The molecule has 6 heteroatoms. The van der Waals surface area contributed by atoms with Gasteiger partial charge in [0, 0.05) is 35.5 Å². The van der Waals surface area contributed by atoms with Gasteiger partial charge in [-0.05, 0) is 39.7 Å². The Morgan fingerprint density at radius 2 is 1.92 bits per heavy atom. The minimum Gasteiger partial charge on any atom is -0.497 e. The molecule has 0 saturated carbocycles. The summed E-state index contributed by atoms with van der Waals surface area (Å²) in [5.74, 6) is 1.97. The van der Waals surface area contributed by atoms with Gasteiger partial charge in [-0.2, -0.15) is 0 Å². The Kier molecular flexibility index (Phi) is 5.28. The summed E-state index contributed by atoms with van der Waals surface area (Å²) in [6, 6.07) is 13.2. The highest BCUT2D eigenvalue weighted by molar-refractivity contribution is 9.10. The zero-order valence-corrected chi connectivity index (χ0v) is 14.7. The van der Waals surface area contributed by atoms with Crippen molar-refractivity contribution in [2.24, 2.45) is 0 Å². The number of aromatic nitrogens is 2. The van der Waals surface area contributed by atoms with E-state index in [0.29, 0.717) is 18.2 Å². The van der Waals surface area contributed by atoms with Crippen LogP contribution in [-0.4, -0.2) is 17.1 Å². The first-order chi connectivity index (χ1) is 11.7. The largest absolute Gasteiger partial charge is 0.497 e. The Hall–Kier alpha value is -2.60. The van der Waals surface area contributed by atoms with Crippen LogP contribution in [0.3, 0.4) is 0 Å². The van der Waals surface area contributed by atoms with Gasteiger partial charge in [0.25, 0.3) is 0 Å². The molecule has 2 heterocycles. The summed E-state index contributed by atoms with van der Waals surface area (Å²) in [7, 11) is 1.62. The smallest absolute Gasteiger partial charge is 0.219 e. The average molecular weight is 386 g/mol. The van der Waals surface area contributed by atoms with E-state index in [1.165, 1.54) is 0 Å². The number of benzene rings is 1. The second-order valence-corrected chi connectivity index (χ2v) is 5.95. The van der Waals surface area contributed by atoms with Gasteiger partial charge in [0.2, 0.25) is 5.88 Å². The molecule has 3 aromatic rings. The van der Waals surface area contributed by atoms with E-state index >= 15 is 0 Å². The minimum atomic E-state index is 0.538. The first-order valence-corrected chi connectivity index (χ1v) is 8.13. The summed E-state index contributed by atoms with van der Waals surface area (Å²) in [5.41, 5.74) is 1.99. The third kappa shape index (κ3) is 4.45. The van der Waals surface area contributed by atoms with E-state index in [4.69, 9.17) is 9.47 Å². The van der Waals surface area contributed by atoms with Gasteiger partial charge in [0.05, 0.1) is 19.0 Å². The van der Waals surface area contributed by atoms with Crippen molar-refractivity contribution in [1.29, 1.82) is 0 Å². The van der Waals surface area contributed by atoms with Gasteiger partial charge in [-0.3, -0.25) is 4.98 Å². The molecule has 2 aromatic heterocycles. The Balaban J connectivity index is 1.60. The number of nitrogens with one attached hydrogen (secondary N) is 1. The second-order valence-electron chi connectivity index (χ2n) is 5.03. The third-order valence-corrected chi connectivity index (χ3v) is 3.70. The van der Waals surface area contributed by atoms with Crippen molar-refractivity contribution in [1.82, 2.24) is 9.97 Å². The van der Waals surface area contributed by atoms with E-state index in [0.717, 1.165) is 21.5 Å². The highest BCUT2D eigenvalue weighted by Gasteiger charge is 2.02. The SMILES string of the molecule is COc1cccc(Oc2ccc(CNc3cncc(Br)c3)cn2)c1. The van der Waals surface area contributed by atoms with Crippen LogP contribution >= 0.6 is 15.9 Å². The molecule has 122 valence electrons. The Morgan fingerprint density at radius 3 is 2.67 bits per heavy atom. The second kappa shape index (κ2) is 7.79. The van der Waals surface area contributed by atoms with Crippen molar-refractivity contribution in [2.45, 2.75) is 6.54 Å². The molecular formula is C18H16BrN3O2. The van der Waals surface area contributed by atoms with Crippen molar-refractivity contribution in [3.63, 3.8) is 0 Å². The van der Waals surface area contributed by atoms with Crippen LogP contribution in [0, 0.1) is 0 Å². The molecule has 0 atom stereocenters. The third-order valence-electron chi connectivity index (χ3n) is 3.26. The van der Waals surface area contributed by atoms with E-state index < -0.39 is 0 Å². The van der Waals surface area contributed by atoms with Gasteiger partial charge in [0.1, 0.15) is 11.5 Å². The maximum atomic E-state index is 5.73. The molecule has 0 aliphatic rings. The minimum absolute atomic E-state index is 0.538.